The van der Waals surface area contributed by atoms with E-state index in [0.717, 1.165) is 69.4 Å². The van der Waals surface area contributed by atoms with Crippen LogP contribution in [0.1, 0.15) is 115 Å². The standard InChI is InChI=1S/C40H51N7O4S.C15H17N3/c1-9-10-11-12-19-46-34-20-26(2)33(23-32(34)27(3)24-40(46,7)8)42-35-36(39(4,5)6)44-47-38(35)43-37(45-47)28-15-13-16-29(21-28)41-25-51-30-17-14-18-31(22-30)52(48,49)50;1-11-7-3-5-9-13(11)17-15(16)18-14-10-6-4-8-12(14)2/h13-18,20-23,27,41H,9-12,19,24-25H2,1-8H3,(H,48,49,50);3-10H,1-2H3,(H3,16,17,18). The number of nitrogens with zero attached hydrogens (tertiary/aromatic N) is 6. The smallest absolute Gasteiger partial charge is 0.351 e. The monoisotopic (exact) mass is 965 g/mol. The molecule has 2 aliphatic rings. The van der Waals surface area contributed by atoms with Gasteiger partial charge in [-0.1, -0.05) is 108 Å². The number of rotatable bonds is 14. The van der Waals surface area contributed by atoms with Crippen LogP contribution < -0.4 is 31.0 Å². The lowest BCUT2D eigenvalue weighted by Crippen LogP contribution is -2.72. The van der Waals surface area contributed by atoms with Crippen molar-refractivity contribution >= 4 is 55.9 Å². The molecule has 5 N–H and O–H groups in total. The molecule has 8 rings (SSSR count). The number of anilines is 3. The SMILES string of the molecule is CCCCCCN1c2cc(C)c(N=C3C(C(C)(C)C)=Nn4nc(-c5cccc(NCOc6cccc(S(=O)(=O)[O-])c6)c5)nc43)cc2C(C)CC1(C)C.Cc1ccccc1NC(N)=[NH+]c1ccccc1C. The number of unbranched alkanes of at least 4 members (excludes halogenated alkanes) is 3. The molecule has 0 fully saturated rings. The molecule has 14 nitrogen and oxygen atoms in total. The van der Waals surface area contributed by atoms with E-state index in [2.05, 4.69) is 88.0 Å². The van der Waals surface area contributed by atoms with E-state index in [4.69, 9.17) is 30.6 Å². The zero-order chi connectivity index (χ0) is 50.4. The second-order valence-electron chi connectivity index (χ2n) is 19.9. The van der Waals surface area contributed by atoms with Crippen LogP contribution in [0.15, 0.2) is 124 Å². The van der Waals surface area contributed by atoms with Crippen molar-refractivity contribution in [2.45, 2.75) is 118 Å². The van der Waals surface area contributed by atoms with Crippen LogP contribution in [0.2, 0.25) is 0 Å². The Bertz CT molecular complexity index is 3040. The van der Waals surface area contributed by atoms with Gasteiger partial charge in [-0.2, -0.15) is 5.10 Å². The molecule has 5 aromatic carbocycles. The van der Waals surface area contributed by atoms with Gasteiger partial charge >= 0.3 is 5.96 Å². The van der Waals surface area contributed by atoms with Crippen LogP contribution in [0.5, 0.6) is 5.75 Å². The summed E-state index contributed by atoms with van der Waals surface area (Å²) in [7, 11) is -4.58. The largest absolute Gasteiger partial charge is 0.744 e. The number of guanidine groups is 1. The summed E-state index contributed by atoms with van der Waals surface area (Å²) in [6.45, 7) is 23.0. The predicted octanol–water partition coefficient (Wildman–Crippen LogP) is 10.1. The van der Waals surface area contributed by atoms with Gasteiger partial charge in [0.15, 0.2) is 12.6 Å². The molecule has 2 aliphatic heterocycles. The number of ether oxygens (including phenoxy) is 1. The van der Waals surface area contributed by atoms with E-state index in [1.165, 1.54) is 55.1 Å². The number of aryl methyl sites for hydroxylation is 3. The van der Waals surface area contributed by atoms with Crippen molar-refractivity contribution in [1.29, 1.82) is 0 Å². The van der Waals surface area contributed by atoms with E-state index in [-0.39, 0.29) is 28.3 Å². The number of nitrogens with one attached hydrogen (secondary N) is 3. The lowest BCUT2D eigenvalue weighted by atomic mass is 9.79. The van der Waals surface area contributed by atoms with Crippen LogP contribution >= 0.6 is 0 Å². The Kier molecular flexibility index (Phi) is 15.6. The maximum atomic E-state index is 11.4. The van der Waals surface area contributed by atoms with Crippen molar-refractivity contribution in [3.8, 4) is 17.1 Å². The first-order valence-electron chi connectivity index (χ1n) is 24.1. The van der Waals surface area contributed by atoms with Gasteiger partial charge in [-0.15, -0.1) is 9.89 Å². The van der Waals surface area contributed by atoms with Crippen LogP contribution in [0.4, 0.5) is 28.4 Å². The Hall–Kier alpha value is -6.84. The van der Waals surface area contributed by atoms with Crippen LogP contribution in [0.3, 0.4) is 0 Å². The van der Waals surface area contributed by atoms with Gasteiger partial charge in [-0.3, -0.25) is 5.73 Å². The third kappa shape index (κ3) is 12.3. The number of fused-ring (bicyclic) bond motifs is 2. The highest BCUT2D eigenvalue weighted by Gasteiger charge is 2.38. The van der Waals surface area contributed by atoms with Crippen molar-refractivity contribution in [2.75, 3.05) is 28.8 Å². The summed E-state index contributed by atoms with van der Waals surface area (Å²) in [6.07, 6.45) is 6.02. The zero-order valence-electron chi connectivity index (χ0n) is 42.2. The van der Waals surface area contributed by atoms with Crippen molar-refractivity contribution in [2.24, 2.45) is 21.2 Å². The highest BCUT2D eigenvalue weighted by Crippen LogP contribution is 2.46. The minimum Gasteiger partial charge on any atom is -0.744 e. The average Bonchev–Trinajstić information content (AvgIpc) is 3.88. The van der Waals surface area contributed by atoms with Gasteiger partial charge in [0.05, 0.1) is 16.3 Å². The first-order valence-corrected chi connectivity index (χ1v) is 25.5. The van der Waals surface area contributed by atoms with Crippen molar-refractivity contribution < 1.29 is 22.7 Å². The van der Waals surface area contributed by atoms with Gasteiger partial charge in [0.1, 0.15) is 33.0 Å². The highest BCUT2D eigenvalue weighted by atomic mass is 32.2. The molecule has 0 saturated heterocycles. The maximum Gasteiger partial charge on any atom is 0.351 e. The minimum atomic E-state index is -4.58. The molecule has 1 aromatic heterocycles. The van der Waals surface area contributed by atoms with E-state index in [1.54, 1.807) is 10.9 Å². The third-order valence-electron chi connectivity index (χ3n) is 12.7. The number of hydrogen-bond acceptors (Lipinski definition) is 10. The van der Waals surface area contributed by atoms with Gasteiger partial charge in [-0.25, -0.2) is 28.7 Å². The number of aliphatic imine (C=N–C) groups is 1. The van der Waals surface area contributed by atoms with Crippen molar-refractivity contribution in [1.82, 2.24) is 14.9 Å². The van der Waals surface area contributed by atoms with Crippen LogP contribution in [0, 0.1) is 26.2 Å². The lowest BCUT2D eigenvalue weighted by Gasteiger charge is -2.48. The highest BCUT2D eigenvalue weighted by molar-refractivity contribution is 7.85. The summed E-state index contributed by atoms with van der Waals surface area (Å²) in [5.41, 5.74) is 17.9. The summed E-state index contributed by atoms with van der Waals surface area (Å²) in [5.74, 6) is 2.29. The average molecular weight is 965 g/mol. The van der Waals surface area contributed by atoms with Crippen molar-refractivity contribution in [3.05, 3.63) is 137 Å². The van der Waals surface area contributed by atoms with Crippen LogP contribution in [-0.2, 0) is 10.1 Å². The fourth-order valence-electron chi connectivity index (χ4n) is 8.92. The van der Waals surface area contributed by atoms with Crippen molar-refractivity contribution in [3.63, 3.8) is 0 Å². The zero-order valence-corrected chi connectivity index (χ0v) is 43.0. The molecule has 0 spiro atoms. The fraction of sp³-hybridized carbons (Fsp3) is 0.364. The Morgan fingerprint density at radius 2 is 1.64 bits per heavy atom. The normalized spacial score (nSPS) is 16.0. The molecule has 0 aliphatic carbocycles. The van der Waals surface area contributed by atoms with E-state index >= 15 is 0 Å². The molecule has 1 atom stereocenters. The van der Waals surface area contributed by atoms with Gasteiger partial charge < -0.3 is 19.5 Å². The molecule has 70 heavy (non-hydrogen) atoms. The molecule has 6 aromatic rings. The second kappa shape index (κ2) is 21.4. The summed E-state index contributed by atoms with van der Waals surface area (Å²) >= 11 is 0. The molecular formula is C55H68N10O4S. The van der Waals surface area contributed by atoms with Gasteiger partial charge in [0, 0.05) is 34.4 Å². The Balaban J connectivity index is 0.000000336. The third-order valence-corrected chi connectivity index (χ3v) is 13.5. The first-order chi connectivity index (χ1) is 33.2. The second-order valence-corrected chi connectivity index (χ2v) is 21.3. The van der Waals surface area contributed by atoms with E-state index in [9.17, 15) is 13.0 Å². The Labute approximate surface area is 414 Å². The molecule has 0 amide bonds. The Morgan fingerprint density at radius 3 is 2.36 bits per heavy atom. The number of hydrogen-bond donors (Lipinski definition) is 4. The molecule has 15 heteroatoms. The lowest BCUT2D eigenvalue weighted by molar-refractivity contribution is -0.355. The number of benzene rings is 5. The van der Waals surface area contributed by atoms with Gasteiger partial charge in [-0.05, 0) is 130 Å². The molecule has 0 bridgehead atoms. The maximum absolute atomic E-state index is 11.4. The topological polar surface area (TPSA) is 189 Å². The van der Waals surface area contributed by atoms with Crippen LogP contribution in [0.25, 0.3) is 11.4 Å². The first kappa shape index (κ1) is 51.0. The van der Waals surface area contributed by atoms with Gasteiger partial charge in [0.2, 0.25) is 5.82 Å². The molecule has 0 saturated carbocycles. The van der Waals surface area contributed by atoms with E-state index in [1.807, 2.05) is 86.6 Å². The van der Waals surface area contributed by atoms with Crippen LogP contribution in [-0.4, -0.2) is 64.0 Å². The molecule has 0 radical (unpaired) electrons. The molecule has 3 heterocycles. The fourth-order valence-corrected chi connectivity index (χ4v) is 9.43. The number of para-hydroxylation sites is 2. The van der Waals surface area contributed by atoms with E-state index < -0.39 is 10.1 Å². The quantitative estimate of drug-likeness (QED) is 0.0269. The summed E-state index contributed by atoms with van der Waals surface area (Å²) in [5, 5.41) is 16.0. The molecule has 1 unspecified atom stereocenters. The summed E-state index contributed by atoms with van der Waals surface area (Å²) in [6, 6.07) is 33.8. The predicted molar refractivity (Wildman–Crippen MR) is 283 cm³/mol. The van der Waals surface area contributed by atoms with Gasteiger partial charge in [0.25, 0.3) is 0 Å². The molecular weight excluding hydrogens is 897 g/mol. The molecule has 368 valence electrons. The Morgan fingerprint density at radius 1 is 0.914 bits per heavy atom. The number of aromatic nitrogens is 3. The summed E-state index contributed by atoms with van der Waals surface area (Å²) < 4.78 is 39.8. The van der Waals surface area contributed by atoms with E-state index in [0.29, 0.717) is 23.5 Å². The summed E-state index contributed by atoms with van der Waals surface area (Å²) in [4.78, 5) is 17.3. The number of nitrogens with two attached hydrogens (primary N) is 1. The minimum absolute atomic E-state index is 0.0435.